The van der Waals surface area contributed by atoms with E-state index in [2.05, 4.69) is 34.3 Å². The van der Waals surface area contributed by atoms with Crippen LogP contribution in [0.4, 0.5) is 0 Å². The molecule has 9 nitrogen and oxygen atoms in total. The van der Waals surface area contributed by atoms with E-state index < -0.39 is 23.3 Å². The van der Waals surface area contributed by atoms with Gasteiger partial charge < -0.3 is 20.5 Å². The lowest BCUT2D eigenvalue weighted by Crippen LogP contribution is -2.64. The van der Waals surface area contributed by atoms with Crippen molar-refractivity contribution >= 4 is 17.7 Å². The van der Waals surface area contributed by atoms with E-state index in [1.807, 2.05) is 0 Å². The fourth-order valence-corrected chi connectivity index (χ4v) is 2.12. The van der Waals surface area contributed by atoms with E-state index in [1.54, 1.807) is 12.1 Å². The molecule has 0 fully saturated rings. The number of hydroxylamine groups is 1. The third-order valence-electron chi connectivity index (χ3n) is 3.97. The Labute approximate surface area is 168 Å². The van der Waals surface area contributed by atoms with Gasteiger partial charge in [0.2, 0.25) is 0 Å². The number of carbonyl (C=O) groups is 3. The van der Waals surface area contributed by atoms with E-state index in [1.165, 1.54) is 38.7 Å². The third kappa shape index (κ3) is 6.63. The Morgan fingerprint density at radius 3 is 2.34 bits per heavy atom. The number of methoxy groups -OCH3 is 1. The van der Waals surface area contributed by atoms with Crippen LogP contribution >= 0.6 is 0 Å². The van der Waals surface area contributed by atoms with E-state index in [-0.39, 0.29) is 18.3 Å². The van der Waals surface area contributed by atoms with Crippen molar-refractivity contribution in [2.45, 2.75) is 25.0 Å². The van der Waals surface area contributed by atoms with Crippen molar-refractivity contribution in [3.05, 3.63) is 35.4 Å². The van der Waals surface area contributed by atoms with Gasteiger partial charge in [0.1, 0.15) is 0 Å². The van der Waals surface area contributed by atoms with Crippen LogP contribution in [0.2, 0.25) is 0 Å². The van der Waals surface area contributed by atoms with Crippen molar-refractivity contribution in [2.24, 2.45) is 0 Å². The Kier molecular flexibility index (Phi) is 9.36. The molecule has 0 saturated carbocycles. The quantitative estimate of drug-likeness (QED) is 0.175. The van der Waals surface area contributed by atoms with Crippen molar-refractivity contribution in [1.29, 1.82) is 0 Å². The molecule has 2 atom stereocenters. The summed E-state index contributed by atoms with van der Waals surface area (Å²) in [7, 11) is 2.78. The molecule has 1 aromatic rings. The monoisotopic (exact) mass is 401 g/mol. The predicted octanol–water partition coefficient (Wildman–Crippen LogP) is -0.821. The standard InChI is InChI=1S/C20H23N3O6/c1-20(18(26)21-2,19(27)23-28)22-17(25)15-11-9-14(10-12-15)7-5-4-6-8-16(13-24)29-3/h9-12,16,24,28H,8,13H2,1-3H3,(H,21,26)(H,22,25)(H,23,27). The summed E-state index contributed by atoms with van der Waals surface area (Å²) in [4.78, 5) is 36.2. The van der Waals surface area contributed by atoms with Gasteiger partial charge in [-0.05, 0) is 43.0 Å². The number of aliphatic hydroxyl groups is 1. The predicted molar refractivity (Wildman–Crippen MR) is 103 cm³/mol. The zero-order chi connectivity index (χ0) is 21.9. The Hall–Kier alpha value is -3.37. The number of hydrogen-bond acceptors (Lipinski definition) is 6. The maximum absolute atomic E-state index is 12.4. The zero-order valence-electron chi connectivity index (χ0n) is 16.3. The molecular weight excluding hydrogens is 378 g/mol. The lowest BCUT2D eigenvalue weighted by molar-refractivity contribution is -0.143. The zero-order valence-corrected chi connectivity index (χ0v) is 16.3. The molecule has 1 rings (SSSR count). The van der Waals surface area contributed by atoms with Crippen LogP contribution in [0, 0.1) is 23.7 Å². The Balaban J connectivity index is 2.85. The summed E-state index contributed by atoms with van der Waals surface area (Å²) in [6, 6.07) is 6.11. The normalized spacial score (nSPS) is 12.7. The van der Waals surface area contributed by atoms with Gasteiger partial charge in [-0.2, -0.15) is 0 Å². The summed E-state index contributed by atoms with van der Waals surface area (Å²) in [5.41, 5.74) is 0.159. The molecule has 0 aliphatic rings. The molecule has 1 aromatic carbocycles. The van der Waals surface area contributed by atoms with Gasteiger partial charge in [-0.1, -0.05) is 11.8 Å². The molecule has 29 heavy (non-hydrogen) atoms. The first-order valence-electron chi connectivity index (χ1n) is 8.54. The number of benzene rings is 1. The molecule has 5 N–H and O–H groups in total. The molecule has 0 radical (unpaired) electrons. The second-order valence-electron chi connectivity index (χ2n) is 5.97. The van der Waals surface area contributed by atoms with Crippen molar-refractivity contribution < 1.29 is 29.4 Å². The van der Waals surface area contributed by atoms with Gasteiger partial charge in [0.05, 0.1) is 12.7 Å². The molecule has 0 aliphatic carbocycles. The summed E-state index contributed by atoms with van der Waals surface area (Å²) in [5.74, 6) is 8.32. The lowest BCUT2D eigenvalue weighted by atomic mass is 9.99. The van der Waals surface area contributed by atoms with Gasteiger partial charge in [-0.3, -0.25) is 19.6 Å². The molecule has 0 bridgehead atoms. The van der Waals surface area contributed by atoms with Gasteiger partial charge in [-0.15, -0.1) is 0 Å². The van der Waals surface area contributed by atoms with Crippen LogP contribution in [-0.4, -0.2) is 60.4 Å². The Morgan fingerprint density at radius 1 is 1.17 bits per heavy atom. The Bertz CT molecular complexity index is 838. The maximum atomic E-state index is 12.4. The highest BCUT2D eigenvalue weighted by Gasteiger charge is 2.42. The van der Waals surface area contributed by atoms with Gasteiger partial charge >= 0.3 is 0 Å². The molecule has 0 saturated heterocycles. The molecule has 0 heterocycles. The first-order chi connectivity index (χ1) is 13.8. The lowest BCUT2D eigenvalue weighted by Gasteiger charge is -2.26. The minimum Gasteiger partial charge on any atom is -0.394 e. The molecule has 9 heteroatoms. The van der Waals surface area contributed by atoms with Crippen LogP contribution in [0.1, 0.15) is 29.3 Å². The van der Waals surface area contributed by atoms with Crippen molar-refractivity contribution in [3.8, 4) is 23.7 Å². The van der Waals surface area contributed by atoms with Crippen LogP contribution in [0.25, 0.3) is 0 Å². The first-order valence-corrected chi connectivity index (χ1v) is 8.54. The molecule has 2 unspecified atom stereocenters. The number of rotatable bonds is 7. The number of ether oxygens (including phenoxy) is 1. The van der Waals surface area contributed by atoms with E-state index in [9.17, 15) is 14.4 Å². The first kappa shape index (κ1) is 23.7. The fraction of sp³-hybridized carbons (Fsp3) is 0.350. The van der Waals surface area contributed by atoms with Gasteiger partial charge in [0, 0.05) is 31.7 Å². The van der Waals surface area contributed by atoms with Crippen LogP contribution in [0.15, 0.2) is 24.3 Å². The molecular formula is C20H23N3O6. The highest BCUT2D eigenvalue weighted by Crippen LogP contribution is 2.09. The topological polar surface area (TPSA) is 137 Å². The molecule has 0 spiro atoms. The molecule has 154 valence electrons. The molecule has 3 amide bonds. The van der Waals surface area contributed by atoms with Gasteiger partial charge in [0.15, 0.2) is 5.54 Å². The summed E-state index contributed by atoms with van der Waals surface area (Å²) in [6.45, 7) is 1.04. The highest BCUT2D eigenvalue weighted by atomic mass is 16.5. The fourth-order valence-electron chi connectivity index (χ4n) is 2.12. The number of likely N-dealkylation sites (N-methyl/N-ethyl adjacent to an activating group) is 1. The Morgan fingerprint density at radius 2 is 1.83 bits per heavy atom. The van der Waals surface area contributed by atoms with Crippen LogP contribution in [-0.2, 0) is 14.3 Å². The van der Waals surface area contributed by atoms with Crippen LogP contribution < -0.4 is 16.1 Å². The minimum atomic E-state index is -2.00. The van der Waals surface area contributed by atoms with Crippen molar-refractivity contribution in [3.63, 3.8) is 0 Å². The summed E-state index contributed by atoms with van der Waals surface area (Å²) in [5, 5.41) is 22.4. The highest BCUT2D eigenvalue weighted by molar-refractivity contribution is 6.12. The smallest absolute Gasteiger partial charge is 0.278 e. The number of hydrogen-bond donors (Lipinski definition) is 5. The minimum absolute atomic E-state index is 0.124. The van der Waals surface area contributed by atoms with E-state index >= 15 is 0 Å². The van der Waals surface area contributed by atoms with Gasteiger partial charge in [-0.25, -0.2) is 5.48 Å². The summed E-state index contributed by atoms with van der Waals surface area (Å²) >= 11 is 0. The van der Waals surface area contributed by atoms with Crippen molar-refractivity contribution in [2.75, 3.05) is 20.8 Å². The average Bonchev–Trinajstić information content (AvgIpc) is 2.75. The SMILES string of the molecule is CNC(=O)C(C)(NC(=O)c1ccc(C#CC#CCC(CO)OC)cc1)C(=O)NO. The number of aliphatic hydroxyl groups excluding tert-OH is 1. The second-order valence-corrected chi connectivity index (χ2v) is 5.97. The van der Waals surface area contributed by atoms with Gasteiger partial charge in [0.25, 0.3) is 17.7 Å². The van der Waals surface area contributed by atoms with Crippen LogP contribution in [0.3, 0.4) is 0 Å². The van der Waals surface area contributed by atoms with E-state index in [0.717, 1.165) is 0 Å². The summed E-state index contributed by atoms with van der Waals surface area (Å²) < 4.78 is 4.98. The largest absolute Gasteiger partial charge is 0.394 e. The number of carbonyl (C=O) groups excluding carboxylic acids is 3. The maximum Gasteiger partial charge on any atom is 0.278 e. The van der Waals surface area contributed by atoms with Crippen LogP contribution in [0.5, 0.6) is 0 Å². The molecule has 0 aliphatic heterocycles. The molecule has 0 aromatic heterocycles. The number of amides is 3. The average molecular weight is 401 g/mol. The van der Waals surface area contributed by atoms with E-state index in [0.29, 0.717) is 12.0 Å². The second kappa shape index (κ2) is 11.5. The van der Waals surface area contributed by atoms with E-state index in [4.69, 9.17) is 15.1 Å². The van der Waals surface area contributed by atoms with Crippen molar-refractivity contribution in [1.82, 2.24) is 16.1 Å². The summed E-state index contributed by atoms with van der Waals surface area (Å²) in [6.07, 6.45) is 0.00208. The number of nitrogens with one attached hydrogen (secondary N) is 3. The third-order valence-corrected chi connectivity index (χ3v) is 3.97.